The zero-order chi connectivity index (χ0) is 21.4. The summed E-state index contributed by atoms with van der Waals surface area (Å²) in [6.45, 7) is 1.68. The molecule has 0 saturated carbocycles. The van der Waals surface area contributed by atoms with Crippen LogP contribution >= 0.6 is 15.9 Å². The van der Waals surface area contributed by atoms with Gasteiger partial charge in [0.2, 0.25) is 0 Å². The highest BCUT2D eigenvalue weighted by atomic mass is 79.9. The van der Waals surface area contributed by atoms with Crippen LogP contribution in [0.4, 0.5) is 10.5 Å². The molecule has 9 heteroatoms. The van der Waals surface area contributed by atoms with Gasteiger partial charge in [0.25, 0.3) is 5.91 Å². The van der Waals surface area contributed by atoms with Crippen molar-refractivity contribution in [3.8, 4) is 11.8 Å². The first-order valence-corrected chi connectivity index (χ1v) is 9.21. The highest BCUT2D eigenvalue weighted by Gasteiger charge is 2.25. The van der Waals surface area contributed by atoms with E-state index >= 15 is 0 Å². The number of amides is 2. The number of ether oxygens (including phenoxy) is 1. The number of nitriles is 1. The van der Waals surface area contributed by atoms with Gasteiger partial charge >= 0.3 is 6.09 Å². The van der Waals surface area contributed by atoms with Crippen LogP contribution < -0.4 is 10.8 Å². The predicted molar refractivity (Wildman–Crippen MR) is 108 cm³/mol. The third-order valence-electron chi connectivity index (χ3n) is 3.93. The SMILES string of the molecule is C[C@H](/C=C/C(=O)NO)[C@@H](OC(=O)Nc1ccc(C#N)cc1)c1cc(Br)ccc1O. The molecule has 0 radical (unpaired) electrons. The molecule has 0 aromatic heterocycles. The van der Waals surface area contributed by atoms with Crippen LogP contribution in [0.3, 0.4) is 0 Å². The first-order chi connectivity index (χ1) is 13.8. The first-order valence-electron chi connectivity index (χ1n) is 8.42. The Morgan fingerprint density at radius 1 is 1.24 bits per heavy atom. The minimum Gasteiger partial charge on any atom is -0.508 e. The van der Waals surface area contributed by atoms with Crippen molar-refractivity contribution in [2.75, 3.05) is 5.32 Å². The number of hydrogen-bond acceptors (Lipinski definition) is 6. The van der Waals surface area contributed by atoms with E-state index in [0.29, 0.717) is 21.3 Å². The number of hydroxylamine groups is 1. The second-order valence-electron chi connectivity index (χ2n) is 6.04. The molecule has 150 valence electrons. The fourth-order valence-electron chi connectivity index (χ4n) is 2.48. The molecule has 2 aromatic carbocycles. The number of nitrogens with zero attached hydrogens (tertiary/aromatic N) is 1. The summed E-state index contributed by atoms with van der Waals surface area (Å²) in [5.74, 6) is -1.36. The van der Waals surface area contributed by atoms with Gasteiger partial charge in [0.1, 0.15) is 11.9 Å². The number of carbonyl (C=O) groups is 2. The van der Waals surface area contributed by atoms with Gasteiger partial charge in [-0.3, -0.25) is 15.3 Å². The van der Waals surface area contributed by atoms with E-state index < -0.39 is 24.0 Å². The number of nitrogens with one attached hydrogen (secondary N) is 2. The Bertz CT molecular complexity index is 954. The van der Waals surface area contributed by atoms with Gasteiger partial charge in [0.15, 0.2) is 0 Å². The van der Waals surface area contributed by atoms with Crippen LogP contribution in [0.15, 0.2) is 59.1 Å². The van der Waals surface area contributed by atoms with E-state index in [1.807, 2.05) is 6.07 Å². The number of phenolic OH excluding ortho intramolecular Hbond substituents is 1. The number of benzene rings is 2. The highest BCUT2D eigenvalue weighted by molar-refractivity contribution is 9.10. The van der Waals surface area contributed by atoms with Crippen molar-refractivity contribution < 1.29 is 24.6 Å². The van der Waals surface area contributed by atoms with Crippen molar-refractivity contribution in [2.45, 2.75) is 13.0 Å². The van der Waals surface area contributed by atoms with E-state index in [0.717, 1.165) is 6.08 Å². The highest BCUT2D eigenvalue weighted by Crippen LogP contribution is 2.35. The Morgan fingerprint density at radius 3 is 2.55 bits per heavy atom. The lowest BCUT2D eigenvalue weighted by Crippen LogP contribution is -2.22. The average Bonchev–Trinajstić information content (AvgIpc) is 2.72. The lowest BCUT2D eigenvalue weighted by molar-refractivity contribution is -0.124. The van der Waals surface area contributed by atoms with Crippen LogP contribution in [0.1, 0.15) is 24.2 Å². The maximum atomic E-state index is 12.4. The van der Waals surface area contributed by atoms with Crippen molar-refractivity contribution in [3.05, 3.63) is 70.2 Å². The van der Waals surface area contributed by atoms with Gasteiger partial charge in [-0.1, -0.05) is 28.9 Å². The average molecular weight is 460 g/mol. The van der Waals surface area contributed by atoms with Crippen molar-refractivity contribution in [2.24, 2.45) is 5.92 Å². The molecule has 0 unspecified atom stereocenters. The fourth-order valence-corrected chi connectivity index (χ4v) is 2.85. The van der Waals surface area contributed by atoms with Crippen LogP contribution in [-0.2, 0) is 9.53 Å². The first kappa shape index (κ1) is 21.9. The zero-order valence-electron chi connectivity index (χ0n) is 15.3. The molecule has 8 nitrogen and oxygen atoms in total. The molecular weight excluding hydrogens is 442 g/mol. The topological polar surface area (TPSA) is 132 Å². The van der Waals surface area contributed by atoms with E-state index in [2.05, 4.69) is 21.2 Å². The Morgan fingerprint density at radius 2 is 1.93 bits per heavy atom. The third-order valence-corrected chi connectivity index (χ3v) is 4.42. The minimum absolute atomic E-state index is 0.0868. The molecular formula is C20H18BrN3O5. The van der Waals surface area contributed by atoms with Gasteiger partial charge in [-0.2, -0.15) is 5.26 Å². The summed E-state index contributed by atoms with van der Waals surface area (Å²) in [6, 6.07) is 12.9. The minimum atomic E-state index is -0.936. The van der Waals surface area contributed by atoms with Gasteiger partial charge in [-0.25, -0.2) is 10.3 Å². The quantitative estimate of drug-likeness (QED) is 0.293. The second kappa shape index (κ2) is 10.3. The Kier molecular flexibility index (Phi) is 7.77. The number of rotatable bonds is 6. The molecule has 2 aromatic rings. The van der Waals surface area contributed by atoms with Gasteiger partial charge in [0.05, 0.1) is 11.6 Å². The van der Waals surface area contributed by atoms with E-state index in [9.17, 15) is 14.7 Å². The van der Waals surface area contributed by atoms with Crippen LogP contribution in [0.5, 0.6) is 5.75 Å². The van der Waals surface area contributed by atoms with E-state index in [1.165, 1.54) is 17.6 Å². The van der Waals surface area contributed by atoms with E-state index in [-0.39, 0.29) is 5.75 Å². The van der Waals surface area contributed by atoms with Crippen LogP contribution in [0.2, 0.25) is 0 Å². The lowest BCUT2D eigenvalue weighted by Gasteiger charge is -2.23. The number of anilines is 1. The van der Waals surface area contributed by atoms with Crippen LogP contribution in [0, 0.1) is 17.2 Å². The molecule has 0 fully saturated rings. The molecule has 4 N–H and O–H groups in total. The summed E-state index contributed by atoms with van der Waals surface area (Å²) in [7, 11) is 0. The lowest BCUT2D eigenvalue weighted by atomic mass is 9.96. The molecule has 2 atom stereocenters. The Balaban J connectivity index is 2.25. The maximum absolute atomic E-state index is 12.4. The normalized spacial score (nSPS) is 12.6. The third kappa shape index (κ3) is 6.34. The number of carbonyl (C=O) groups excluding carboxylic acids is 2. The van der Waals surface area contributed by atoms with Gasteiger partial charge in [-0.15, -0.1) is 0 Å². The summed E-state index contributed by atoms with van der Waals surface area (Å²) in [5.41, 5.74) is 2.68. The van der Waals surface area contributed by atoms with E-state index in [4.69, 9.17) is 15.2 Å². The monoisotopic (exact) mass is 459 g/mol. The van der Waals surface area contributed by atoms with Crippen LogP contribution in [0.25, 0.3) is 0 Å². The van der Waals surface area contributed by atoms with Crippen molar-refractivity contribution in [1.29, 1.82) is 5.26 Å². The summed E-state index contributed by atoms with van der Waals surface area (Å²) in [4.78, 5) is 23.7. The van der Waals surface area contributed by atoms with Crippen molar-refractivity contribution >= 4 is 33.6 Å². The summed E-state index contributed by atoms with van der Waals surface area (Å²) in [5, 5.41) is 30.2. The molecule has 2 rings (SSSR count). The molecule has 2 amide bonds. The molecule has 0 spiro atoms. The largest absolute Gasteiger partial charge is 0.508 e. The molecule has 0 aliphatic rings. The summed E-state index contributed by atoms with van der Waals surface area (Å²) < 4.78 is 6.18. The predicted octanol–water partition coefficient (Wildman–Crippen LogP) is 4.01. The Hall–Kier alpha value is -3.35. The molecule has 29 heavy (non-hydrogen) atoms. The fraction of sp³-hybridized carbons (Fsp3) is 0.150. The number of phenols is 1. The second-order valence-corrected chi connectivity index (χ2v) is 6.95. The smallest absolute Gasteiger partial charge is 0.412 e. The summed E-state index contributed by atoms with van der Waals surface area (Å²) in [6.07, 6.45) is 0.805. The molecule has 0 aliphatic carbocycles. The number of aromatic hydroxyl groups is 1. The number of hydrogen-bond donors (Lipinski definition) is 4. The summed E-state index contributed by atoms with van der Waals surface area (Å²) >= 11 is 3.31. The van der Waals surface area contributed by atoms with E-state index in [1.54, 1.807) is 43.3 Å². The molecule has 0 heterocycles. The van der Waals surface area contributed by atoms with Gasteiger partial charge in [-0.05, 0) is 42.5 Å². The van der Waals surface area contributed by atoms with Crippen molar-refractivity contribution in [1.82, 2.24) is 5.48 Å². The maximum Gasteiger partial charge on any atom is 0.412 e. The standard InChI is InChI=1S/C20H18BrN3O5/c1-12(2-9-18(26)24-28)19(16-10-14(21)5-8-17(16)25)29-20(27)23-15-6-3-13(11-22)4-7-15/h2-10,12,19,25,28H,1H3,(H,23,27)(H,24,26)/b9-2+/t12-,19-/m1/s1. The van der Waals surface area contributed by atoms with Crippen LogP contribution in [-0.4, -0.2) is 22.3 Å². The zero-order valence-corrected chi connectivity index (χ0v) is 16.9. The Labute approximate surface area is 175 Å². The van der Waals surface area contributed by atoms with Crippen molar-refractivity contribution in [3.63, 3.8) is 0 Å². The van der Waals surface area contributed by atoms with Gasteiger partial charge < -0.3 is 9.84 Å². The van der Waals surface area contributed by atoms with Gasteiger partial charge in [0, 0.05) is 27.7 Å². The molecule has 0 saturated heterocycles. The molecule has 0 aliphatic heterocycles. The molecule has 0 bridgehead atoms. The number of halogens is 1.